The molecular weight excluding hydrogens is 284 g/mol. The number of hydrogen-bond acceptors (Lipinski definition) is 4. The summed E-state index contributed by atoms with van der Waals surface area (Å²) < 4.78 is 1.64. The molecule has 2 atom stereocenters. The van der Waals surface area contributed by atoms with Gasteiger partial charge in [-0.15, -0.1) is 11.3 Å². The van der Waals surface area contributed by atoms with Crippen molar-refractivity contribution in [2.45, 2.75) is 39.0 Å². The van der Waals surface area contributed by atoms with Gasteiger partial charge in [0.25, 0.3) is 0 Å². The van der Waals surface area contributed by atoms with E-state index in [4.69, 9.17) is 0 Å². The minimum Gasteiger partial charge on any atom is -0.294 e. The fourth-order valence-corrected chi connectivity index (χ4v) is 3.61. The summed E-state index contributed by atoms with van der Waals surface area (Å²) >= 11 is 1.75. The normalized spacial score (nSPS) is 20.8. The number of nitrogens with zero attached hydrogens (tertiary/aromatic N) is 3. The number of thiophene rings is 1. The van der Waals surface area contributed by atoms with E-state index in [2.05, 4.69) is 33.8 Å². The number of aromatic nitrogens is 3. The van der Waals surface area contributed by atoms with Gasteiger partial charge >= 0.3 is 0 Å². The van der Waals surface area contributed by atoms with E-state index in [1.165, 1.54) is 10.4 Å². The second-order valence-corrected chi connectivity index (χ2v) is 6.93. The molecule has 6 heteroatoms. The Morgan fingerprint density at radius 3 is 2.86 bits per heavy atom. The molecule has 3 rings (SSSR count). The van der Waals surface area contributed by atoms with Gasteiger partial charge in [-0.2, -0.15) is 10.1 Å². The Labute approximate surface area is 128 Å². The van der Waals surface area contributed by atoms with Gasteiger partial charge in [-0.25, -0.2) is 4.68 Å². The molecule has 2 aromatic rings. The van der Waals surface area contributed by atoms with E-state index in [9.17, 15) is 4.79 Å². The van der Waals surface area contributed by atoms with Crippen LogP contribution in [0.5, 0.6) is 0 Å². The first-order chi connectivity index (χ1) is 9.97. The van der Waals surface area contributed by atoms with Gasteiger partial charge in [0.05, 0.1) is 0 Å². The molecule has 0 spiro atoms. The zero-order valence-corrected chi connectivity index (χ0v) is 13.6. The van der Waals surface area contributed by atoms with Crippen LogP contribution in [0.4, 0.5) is 5.95 Å². The summed E-state index contributed by atoms with van der Waals surface area (Å²) in [6.45, 7) is 6.19. The van der Waals surface area contributed by atoms with Crippen LogP contribution in [0.15, 0.2) is 11.4 Å². The number of anilines is 1. The van der Waals surface area contributed by atoms with Crippen LogP contribution in [0.25, 0.3) is 0 Å². The highest BCUT2D eigenvalue weighted by molar-refractivity contribution is 7.10. The number of carbonyl (C=O) groups is 1. The molecule has 1 amide bonds. The van der Waals surface area contributed by atoms with Gasteiger partial charge in [-0.05, 0) is 30.4 Å². The van der Waals surface area contributed by atoms with Crippen molar-refractivity contribution in [1.82, 2.24) is 14.8 Å². The molecule has 0 aromatic carbocycles. The lowest BCUT2D eigenvalue weighted by atomic mass is 10.2. The zero-order chi connectivity index (χ0) is 15.1. The fourth-order valence-electron chi connectivity index (χ4n) is 2.50. The van der Waals surface area contributed by atoms with Gasteiger partial charge in [0.2, 0.25) is 11.9 Å². The maximum absolute atomic E-state index is 12.3. The molecule has 2 heterocycles. The Morgan fingerprint density at radius 2 is 2.29 bits per heavy atom. The van der Waals surface area contributed by atoms with Crippen molar-refractivity contribution in [1.29, 1.82) is 0 Å². The van der Waals surface area contributed by atoms with E-state index in [-0.39, 0.29) is 17.7 Å². The van der Waals surface area contributed by atoms with E-state index in [1.807, 2.05) is 20.9 Å². The third-order valence-electron chi connectivity index (χ3n) is 3.90. The average molecular weight is 304 g/mol. The van der Waals surface area contributed by atoms with Crippen molar-refractivity contribution < 1.29 is 4.79 Å². The number of amides is 1. The van der Waals surface area contributed by atoms with Crippen LogP contribution in [0.1, 0.15) is 48.4 Å². The minimum absolute atomic E-state index is 0.0543. The highest BCUT2D eigenvalue weighted by Gasteiger charge is 2.45. The standard InChI is InChI=1S/C15H20N4OS/c1-8(2)13-16-15(19(4)18-13)17-14(20)11-7-10(11)12-9(3)5-6-21-12/h5-6,8,10-11H,7H2,1-4H3,(H,16,17,18,20). The Bertz CT molecular complexity index is 673. The van der Waals surface area contributed by atoms with E-state index in [0.29, 0.717) is 11.9 Å². The lowest BCUT2D eigenvalue weighted by Crippen LogP contribution is -2.17. The molecule has 1 aliphatic carbocycles. The summed E-state index contributed by atoms with van der Waals surface area (Å²) in [5, 5.41) is 9.33. The summed E-state index contributed by atoms with van der Waals surface area (Å²) in [6, 6.07) is 2.12. The van der Waals surface area contributed by atoms with Gasteiger partial charge < -0.3 is 0 Å². The third-order valence-corrected chi connectivity index (χ3v) is 5.05. The number of nitrogens with one attached hydrogen (secondary N) is 1. The van der Waals surface area contributed by atoms with Crippen molar-refractivity contribution in [3.05, 3.63) is 27.7 Å². The lowest BCUT2D eigenvalue weighted by Gasteiger charge is -2.03. The molecule has 0 aliphatic heterocycles. The topological polar surface area (TPSA) is 59.8 Å². The van der Waals surface area contributed by atoms with Crippen molar-refractivity contribution in [3.63, 3.8) is 0 Å². The van der Waals surface area contributed by atoms with Crippen molar-refractivity contribution in [2.75, 3.05) is 5.32 Å². The lowest BCUT2D eigenvalue weighted by molar-refractivity contribution is -0.117. The van der Waals surface area contributed by atoms with Gasteiger partial charge in [-0.3, -0.25) is 10.1 Å². The molecule has 1 saturated carbocycles. The highest BCUT2D eigenvalue weighted by atomic mass is 32.1. The maximum atomic E-state index is 12.3. The van der Waals surface area contributed by atoms with Crippen molar-refractivity contribution >= 4 is 23.2 Å². The molecule has 112 valence electrons. The SMILES string of the molecule is Cc1ccsc1C1CC1C(=O)Nc1nc(C(C)C)nn1C. The first-order valence-corrected chi connectivity index (χ1v) is 8.11. The molecular formula is C15H20N4OS. The number of aryl methyl sites for hydroxylation is 2. The Morgan fingerprint density at radius 1 is 1.52 bits per heavy atom. The van der Waals surface area contributed by atoms with Crippen LogP contribution in [0, 0.1) is 12.8 Å². The Hall–Kier alpha value is -1.69. The van der Waals surface area contributed by atoms with Gasteiger partial charge in [-0.1, -0.05) is 13.8 Å². The van der Waals surface area contributed by atoms with Gasteiger partial charge in [0, 0.05) is 29.7 Å². The van der Waals surface area contributed by atoms with E-state index >= 15 is 0 Å². The highest BCUT2D eigenvalue weighted by Crippen LogP contribution is 2.50. The maximum Gasteiger partial charge on any atom is 0.230 e. The predicted molar refractivity (Wildman–Crippen MR) is 83.6 cm³/mol. The molecule has 1 N–H and O–H groups in total. The summed E-state index contributed by atoms with van der Waals surface area (Å²) in [5.74, 6) is 2.05. The molecule has 2 unspecified atom stereocenters. The van der Waals surface area contributed by atoms with Gasteiger partial charge in [0.15, 0.2) is 5.82 Å². The number of carbonyl (C=O) groups excluding carboxylic acids is 1. The van der Waals surface area contributed by atoms with Crippen LogP contribution in [-0.2, 0) is 11.8 Å². The van der Waals surface area contributed by atoms with E-state index < -0.39 is 0 Å². The molecule has 0 saturated heterocycles. The van der Waals surface area contributed by atoms with Crippen molar-refractivity contribution in [2.24, 2.45) is 13.0 Å². The first-order valence-electron chi connectivity index (χ1n) is 7.23. The average Bonchev–Trinajstić information content (AvgIpc) is 2.97. The summed E-state index contributed by atoms with van der Waals surface area (Å²) in [4.78, 5) is 18.1. The van der Waals surface area contributed by atoms with Crippen LogP contribution >= 0.6 is 11.3 Å². The van der Waals surface area contributed by atoms with E-state index in [1.54, 1.807) is 16.0 Å². The molecule has 1 aliphatic rings. The minimum atomic E-state index is 0.0543. The largest absolute Gasteiger partial charge is 0.294 e. The molecule has 2 aromatic heterocycles. The predicted octanol–water partition coefficient (Wildman–Crippen LogP) is 3.05. The monoisotopic (exact) mass is 304 g/mol. The fraction of sp³-hybridized carbons (Fsp3) is 0.533. The molecule has 0 bridgehead atoms. The number of rotatable bonds is 4. The summed E-state index contributed by atoms with van der Waals surface area (Å²) in [5.41, 5.74) is 1.29. The molecule has 21 heavy (non-hydrogen) atoms. The zero-order valence-electron chi connectivity index (χ0n) is 12.8. The second kappa shape index (κ2) is 5.26. The van der Waals surface area contributed by atoms with Crippen LogP contribution in [-0.4, -0.2) is 20.7 Å². The first kappa shape index (κ1) is 14.3. The van der Waals surface area contributed by atoms with Crippen LogP contribution in [0.2, 0.25) is 0 Å². The Kier molecular flexibility index (Phi) is 3.57. The quantitative estimate of drug-likeness (QED) is 0.944. The van der Waals surface area contributed by atoms with Crippen molar-refractivity contribution in [3.8, 4) is 0 Å². The van der Waals surface area contributed by atoms with Crippen LogP contribution in [0.3, 0.4) is 0 Å². The molecule has 0 radical (unpaired) electrons. The Balaban J connectivity index is 1.67. The molecule has 5 nitrogen and oxygen atoms in total. The van der Waals surface area contributed by atoms with Gasteiger partial charge in [0.1, 0.15) is 0 Å². The second-order valence-electron chi connectivity index (χ2n) is 5.98. The van der Waals surface area contributed by atoms with E-state index in [0.717, 1.165) is 12.2 Å². The number of hydrogen-bond donors (Lipinski definition) is 1. The summed E-state index contributed by atoms with van der Waals surface area (Å²) in [7, 11) is 1.81. The smallest absolute Gasteiger partial charge is 0.230 e. The molecule has 1 fully saturated rings. The van der Waals surface area contributed by atoms with Crippen LogP contribution < -0.4 is 5.32 Å². The summed E-state index contributed by atoms with van der Waals surface area (Å²) in [6.07, 6.45) is 0.933. The third kappa shape index (κ3) is 2.72.